The Bertz CT molecular complexity index is 1120. The molecule has 0 bridgehead atoms. The maximum atomic E-state index is 12.6. The molecule has 3 aromatic rings. The van der Waals surface area contributed by atoms with Gasteiger partial charge >= 0.3 is 6.09 Å². The molecule has 2 N–H and O–H groups in total. The Balaban J connectivity index is 1.47. The van der Waals surface area contributed by atoms with E-state index >= 15 is 0 Å². The molecule has 0 heterocycles. The van der Waals surface area contributed by atoms with Crippen LogP contribution in [0, 0.1) is 11.3 Å². The normalized spacial score (nSPS) is 13.9. The number of amides is 1. The first-order valence-corrected chi connectivity index (χ1v) is 10.4. The highest BCUT2D eigenvalue weighted by atomic mass is 16.5. The van der Waals surface area contributed by atoms with Crippen LogP contribution in [-0.2, 0) is 16.0 Å². The molecule has 1 aliphatic carbocycles. The largest absolute Gasteiger partial charge is 0.449 e. The van der Waals surface area contributed by atoms with E-state index in [-0.39, 0.29) is 18.9 Å². The van der Waals surface area contributed by atoms with Crippen LogP contribution in [0.25, 0.3) is 11.1 Å². The third-order valence-corrected chi connectivity index (χ3v) is 5.71. The molecule has 1 amide bonds. The van der Waals surface area contributed by atoms with Gasteiger partial charge in [0.05, 0.1) is 6.04 Å². The average Bonchev–Trinajstić information content (AvgIpc) is 3.15. The van der Waals surface area contributed by atoms with Crippen molar-refractivity contribution in [1.29, 1.82) is 5.26 Å². The molecule has 0 saturated carbocycles. The SMILES string of the molecule is N#CC(=O)C(O)C(Cc1ccccc1)NC(=O)OCC1c2ccccc2-c2ccccc21. The van der Waals surface area contributed by atoms with Gasteiger partial charge in [-0.3, -0.25) is 4.79 Å². The quantitative estimate of drug-likeness (QED) is 0.563. The van der Waals surface area contributed by atoms with E-state index in [1.807, 2.05) is 78.9 Å². The second-order valence-electron chi connectivity index (χ2n) is 7.69. The van der Waals surface area contributed by atoms with E-state index in [1.165, 1.54) is 6.07 Å². The number of aliphatic hydroxyl groups is 1. The Labute approximate surface area is 186 Å². The van der Waals surface area contributed by atoms with Crippen LogP contribution >= 0.6 is 0 Å². The number of carbonyl (C=O) groups is 2. The molecule has 6 heteroatoms. The van der Waals surface area contributed by atoms with Crippen molar-refractivity contribution in [2.24, 2.45) is 0 Å². The van der Waals surface area contributed by atoms with E-state index < -0.39 is 24.0 Å². The maximum absolute atomic E-state index is 12.6. The lowest BCUT2D eigenvalue weighted by atomic mass is 9.98. The fourth-order valence-corrected chi connectivity index (χ4v) is 4.15. The highest BCUT2D eigenvalue weighted by Gasteiger charge is 2.31. The van der Waals surface area contributed by atoms with Crippen LogP contribution in [0.5, 0.6) is 0 Å². The number of Topliss-reactive ketones (excluding diaryl/α,β-unsaturated/α-hetero) is 1. The van der Waals surface area contributed by atoms with Crippen LogP contribution in [0.15, 0.2) is 78.9 Å². The van der Waals surface area contributed by atoms with Gasteiger partial charge in [-0.1, -0.05) is 78.9 Å². The predicted molar refractivity (Wildman–Crippen MR) is 119 cm³/mol. The van der Waals surface area contributed by atoms with Crippen LogP contribution in [0.3, 0.4) is 0 Å². The molecule has 6 nitrogen and oxygen atoms in total. The molecule has 160 valence electrons. The number of nitriles is 1. The Kier molecular flexibility index (Phi) is 6.29. The monoisotopic (exact) mass is 426 g/mol. The third-order valence-electron chi connectivity index (χ3n) is 5.71. The van der Waals surface area contributed by atoms with Gasteiger partial charge in [-0.05, 0) is 34.2 Å². The fourth-order valence-electron chi connectivity index (χ4n) is 4.15. The van der Waals surface area contributed by atoms with Crippen LogP contribution in [0.1, 0.15) is 22.6 Å². The van der Waals surface area contributed by atoms with Gasteiger partial charge in [0, 0.05) is 5.92 Å². The number of rotatable bonds is 7. The summed E-state index contributed by atoms with van der Waals surface area (Å²) in [6.07, 6.45) is -2.22. The first-order chi connectivity index (χ1) is 15.6. The first-order valence-electron chi connectivity index (χ1n) is 10.4. The number of fused-ring (bicyclic) bond motifs is 3. The standard InChI is InChI=1S/C26H22N2O4/c27-15-24(29)25(30)23(14-17-8-2-1-3-9-17)28-26(31)32-16-22-20-12-6-4-10-18(20)19-11-5-7-13-21(19)22/h1-13,22-23,25,30H,14,16H2,(H,28,31). The number of alkyl carbamates (subject to hydrolysis) is 1. The molecule has 2 atom stereocenters. The molecule has 3 aromatic carbocycles. The summed E-state index contributed by atoms with van der Waals surface area (Å²) in [7, 11) is 0. The topological polar surface area (TPSA) is 99.4 Å². The van der Waals surface area contributed by atoms with Crippen LogP contribution in [0.4, 0.5) is 4.79 Å². The van der Waals surface area contributed by atoms with Crippen molar-refractivity contribution in [2.75, 3.05) is 6.61 Å². The van der Waals surface area contributed by atoms with Crippen molar-refractivity contribution in [1.82, 2.24) is 5.32 Å². The van der Waals surface area contributed by atoms with E-state index in [4.69, 9.17) is 10.00 Å². The summed E-state index contributed by atoms with van der Waals surface area (Å²) in [4.78, 5) is 24.4. The smallest absolute Gasteiger partial charge is 0.407 e. The fraction of sp³-hybridized carbons (Fsp3) is 0.192. The maximum Gasteiger partial charge on any atom is 0.407 e. The lowest BCUT2D eigenvalue weighted by molar-refractivity contribution is -0.122. The lowest BCUT2D eigenvalue weighted by Gasteiger charge is -2.22. The first kappa shape index (κ1) is 21.3. The zero-order chi connectivity index (χ0) is 22.5. The van der Waals surface area contributed by atoms with Crippen molar-refractivity contribution in [3.63, 3.8) is 0 Å². The zero-order valence-electron chi connectivity index (χ0n) is 17.3. The zero-order valence-corrected chi connectivity index (χ0v) is 17.3. The summed E-state index contributed by atoms with van der Waals surface area (Å²) in [5, 5.41) is 21.7. The molecule has 1 aliphatic rings. The van der Waals surface area contributed by atoms with Crippen LogP contribution in [-0.4, -0.2) is 35.7 Å². The highest BCUT2D eigenvalue weighted by Crippen LogP contribution is 2.44. The number of nitrogens with one attached hydrogen (secondary N) is 1. The van der Waals surface area contributed by atoms with Crippen molar-refractivity contribution >= 4 is 11.9 Å². The van der Waals surface area contributed by atoms with Crippen molar-refractivity contribution in [3.05, 3.63) is 95.6 Å². The Morgan fingerprint density at radius 2 is 1.50 bits per heavy atom. The Morgan fingerprint density at radius 3 is 2.09 bits per heavy atom. The van der Waals surface area contributed by atoms with Gasteiger partial charge in [0.2, 0.25) is 0 Å². The number of benzene rings is 3. The van der Waals surface area contributed by atoms with Gasteiger partial charge in [0.1, 0.15) is 18.8 Å². The molecular formula is C26H22N2O4. The van der Waals surface area contributed by atoms with Crippen molar-refractivity contribution < 1.29 is 19.4 Å². The predicted octanol–water partition coefficient (Wildman–Crippen LogP) is 3.59. The molecule has 0 radical (unpaired) electrons. The van der Waals surface area contributed by atoms with Gasteiger partial charge in [0.15, 0.2) is 0 Å². The number of hydrogen-bond donors (Lipinski definition) is 2. The van der Waals surface area contributed by atoms with Crippen molar-refractivity contribution in [2.45, 2.75) is 24.5 Å². The van der Waals surface area contributed by atoms with Crippen LogP contribution in [0.2, 0.25) is 0 Å². The molecule has 32 heavy (non-hydrogen) atoms. The van der Waals surface area contributed by atoms with Crippen molar-refractivity contribution in [3.8, 4) is 17.2 Å². The lowest BCUT2D eigenvalue weighted by Crippen LogP contribution is -2.48. The van der Waals surface area contributed by atoms with Gasteiger partial charge in [-0.2, -0.15) is 5.26 Å². The molecule has 0 aliphatic heterocycles. The van der Waals surface area contributed by atoms with E-state index in [0.29, 0.717) is 0 Å². The molecule has 0 aromatic heterocycles. The van der Waals surface area contributed by atoms with E-state index in [9.17, 15) is 14.7 Å². The molecule has 0 saturated heterocycles. The highest BCUT2D eigenvalue weighted by molar-refractivity contribution is 5.97. The summed E-state index contributed by atoms with van der Waals surface area (Å²) in [5.74, 6) is -1.11. The minimum absolute atomic E-state index is 0.105. The molecule has 0 fully saturated rings. The Hall–Kier alpha value is -3.95. The number of aliphatic hydroxyl groups excluding tert-OH is 1. The summed E-state index contributed by atoms with van der Waals surface area (Å²) >= 11 is 0. The number of carbonyl (C=O) groups excluding carboxylic acids is 2. The van der Waals surface area contributed by atoms with Crippen LogP contribution < -0.4 is 5.32 Å². The second kappa shape index (κ2) is 9.46. The number of nitrogens with zero attached hydrogens (tertiary/aromatic N) is 1. The summed E-state index contributed by atoms with van der Waals surface area (Å²) in [6, 6.07) is 25.6. The average molecular weight is 426 g/mol. The third kappa shape index (κ3) is 4.39. The van der Waals surface area contributed by atoms with E-state index in [1.54, 1.807) is 0 Å². The summed E-state index contributed by atoms with van der Waals surface area (Å²) < 4.78 is 5.52. The second-order valence-corrected chi connectivity index (χ2v) is 7.69. The minimum Gasteiger partial charge on any atom is -0.449 e. The van der Waals surface area contributed by atoms with E-state index in [0.717, 1.165) is 27.8 Å². The molecular weight excluding hydrogens is 404 g/mol. The Morgan fingerprint density at radius 1 is 0.938 bits per heavy atom. The molecule has 0 spiro atoms. The molecule has 2 unspecified atom stereocenters. The molecule has 4 rings (SSSR count). The minimum atomic E-state index is -1.65. The summed E-state index contributed by atoms with van der Waals surface area (Å²) in [5.41, 5.74) is 5.22. The number of ether oxygens (including phenoxy) is 1. The van der Waals surface area contributed by atoms with Gasteiger partial charge in [0.25, 0.3) is 5.78 Å². The van der Waals surface area contributed by atoms with E-state index in [2.05, 4.69) is 5.32 Å². The summed E-state index contributed by atoms with van der Waals surface area (Å²) in [6.45, 7) is 0.111. The number of hydrogen-bond acceptors (Lipinski definition) is 5. The van der Waals surface area contributed by atoms with Gasteiger partial charge < -0.3 is 15.2 Å². The van der Waals surface area contributed by atoms with Gasteiger partial charge in [-0.15, -0.1) is 0 Å². The number of ketones is 1. The van der Waals surface area contributed by atoms with Gasteiger partial charge in [-0.25, -0.2) is 4.79 Å².